The van der Waals surface area contributed by atoms with E-state index in [1.165, 1.54) is 21.1 Å². The first kappa shape index (κ1) is 25.3. The predicted molar refractivity (Wildman–Crippen MR) is 124 cm³/mol. The third-order valence-corrected chi connectivity index (χ3v) is 11.3. The summed E-state index contributed by atoms with van der Waals surface area (Å²) in [6.07, 6.45) is -0.891. The minimum Gasteiger partial charge on any atom is -0.496 e. The van der Waals surface area contributed by atoms with E-state index in [-0.39, 0.29) is 52.6 Å². The lowest BCUT2D eigenvalue weighted by Gasteiger charge is -2.64. The van der Waals surface area contributed by atoms with Gasteiger partial charge in [0.05, 0.1) is 34.9 Å². The Morgan fingerprint density at radius 2 is 1.79 bits per heavy atom. The monoisotopic (exact) mass is 522 g/mol. The third-order valence-electron chi connectivity index (χ3n) is 9.42. The molecule has 0 bridgehead atoms. The number of hydrogen-bond donors (Lipinski definition) is 1. The highest BCUT2D eigenvalue weighted by Crippen LogP contribution is 2.74. The molecular formula is C24H30Cl3FO5. The Labute approximate surface area is 208 Å². The molecule has 33 heavy (non-hydrogen) atoms. The first-order chi connectivity index (χ1) is 15.2. The van der Waals surface area contributed by atoms with Gasteiger partial charge >= 0.3 is 0 Å². The maximum Gasteiger partial charge on any atom is 0.242 e. The van der Waals surface area contributed by atoms with Crippen LogP contribution in [0.1, 0.15) is 47.0 Å². The Morgan fingerprint density at radius 1 is 1.18 bits per heavy atom. The third kappa shape index (κ3) is 2.65. The number of fused-ring (bicyclic) bond motifs is 5. The number of hydrogen-bond acceptors (Lipinski definition) is 5. The summed E-state index contributed by atoms with van der Waals surface area (Å²) in [7, 11) is 2.70. The van der Waals surface area contributed by atoms with E-state index in [0.717, 1.165) is 0 Å². The number of Topliss-reactive ketones (excluding diaryl/α,β-unsaturated/α-hetero) is 2. The molecule has 0 amide bonds. The highest BCUT2D eigenvalue weighted by atomic mass is 35.5. The summed E-state index contributed by atoms with van der Waals surface area (Å²) in [5.41, 5.74) is -3.81. The summed E-state index contributed by atoms with van der Waals surface area (Å²) in [6.45, 7) is 6.79. The van der Waals surface area contributed by atoms with Crippen LogP contribution in [0.4, 0.5) is 4.39 Å². The van der Waals surface area contributed by atoms with Gasteiger partial charge in [-0.05, 0) is 50.9 Å². The number of halogens is 4. The van der Waals surface area contributed by atoms with Gasteiger partial charge in [-0.2, -0.15) is 0 Å². The fraction of sp³-hybridized carbons (Fsp3) is 0.750. The van der Waals surface area contributed by atoms with Gasteiger partial charge in [0.15, 0.2) is 11.5 Å². The van der Waals surface area contributed by atoms with Gasteiger partial charge in [0.25, 0.3) is 0 Å². The van der Waals surface area contributed by atoms with Gasteiger partial charge in [-0.15, -0.1) is 23.2 Å². The Hall–Kier alpha value is -0.820. The van der Waals surface area contributed by atoms with Crippen LogP contribution in [-0.4, -0.2) is 52.9 Å². The second-order valence-electron chi connectivity index (χ2n) is 10.5. The lowest BCUT2D eigenvalue weighted by molar-refractivity contribution is -0.164. The van der Waals surface area contributed by atoms with Crippen molar-refractivity contribution >= 4 is 46.4 Å². The molecule has 9 heteroatoms. The van der Waals surface area contributed by atoms with Crippen LogP contribution in [0, 0.1) is 28.6 Å². The van der Waals surface area contributed by atoms with Gasteiger partial charge in [-0.3, -0.25) is 9.59 Å². The van der Waals surface area contributed by atoms with Crippen LogP contribution in [0.25, 0.3) is 0 Å². The number of ketones is 2. The Morgan fingerprint density at radius 3 is 2.30 bits per heavy atom. The van der Waals surface area contributed by atoms with E-state index < -0.39 is 44.6 Å². The average Bonchev–Trinajstić information content (AvgIpc) is 2.94. The molecule has 3 fully saturated rings. The van der Waals surface area contributed by atoms with E-state index >= 15 is 4.39 Å². The van der Waals surface area contributed by atoms with Crippen LogP contribution in [0.5, 0.6) is 0 Å². The normalized spacial score (nSPS) is 49.4. The molecule has 0 radical (unpaired) electrons. The smallest absolute Gasteiger partial charge is 0.242 e. The lowest BCUT2D eigenvalue weighted by Crippen LogP contribution is -2.70. The molecule has 4 aliphatic rings. The first-order valence-electron chi connectivity index (χ1n) is 11.2. The molecule has 5 nitrogen and oxygen atoms in total. The topological polar surface area (TPSA) is 72.8 Å². The number of carbonyl (C=O) groups is 2. The minimum atomic E-state index is -1.59. The zero-order valence-electron chi connectivity index (χ0n) is 19.6. The molecule has 3 saturated carbocycles. The number of allylic oxidation sites excluding steroid dienone is 2. The summed E-state index contributed by atoms with van der Waals surface area (Å²) in [6, 6.07) is 0. The van der Waals surface area contributed by atoms with Gasteiger partial charge in [0, 0.05) is 11.0 Å². The molecule has 184 valence electrons. The largest absolute Gasteiger partial charge is 0.496 e. The molecule has 1 N–H and O–H groups in total. The van der Waals surface area contributed by atoms with Crippen LogP contribution >= 0.6 is 34.8 Å². The van der Waals surface area contributed by atoms with Crippen molar-refractivity contribution in [2.75, 3.05) is 14.2 Å². The van der Waals surface area contributed by atoms with Crippen molar-refractivity contribution in [2.45, 2.75) is 69.0 Å². The van der Waals surface area contributed by atoms with Gasteiger partial charge in [-0.1, -0.05) is 25.4 Å². The molecule has 0 unspecified atom stereocenters. The Kier molecular flexibility index (Phi) is 5.81. The summed E-state index contributed by atoms with van der Waals surface area (Å²) in [5, 5.41) is 10.6. The molecule has 0 aliphatic heterocycles. The Bertz CT molecular complexity index is 997. The van der Waals surface area contributed by atoms with Crippen LogP contribution in [-0.2, 0) is 19.1 Å². The molecule has 0 spiro atoms. The van der Waals surface area contributed by atoms with E-state index in [4.69, 9.17) is 44.3 Å². The van der Waals surface area contributed by atoms with Crippen LogP contribution in [0.3, 0.4) is 0 Å². The number of aliphatic hydroxyl groups is 1. The second-order valence-corrected chi connectivity index (χ2v) is 12.0. The number of carbonyl (C=O) groups excluding carboxylic acids is 2. The lowest BCUT2D eigenvalue weighted by atomic mass is 9.45. The van der Waals surface area contributed by atoms with Gasteiger partial charge in [0.1, 0.15) is 11.8 Å². The van der Waals surface area contributed by atoms with Crippen LogP contribution in [0.2, 0.25) is 0 Å². The number of methoxy groups -OCH3 is 2. The second kappa shape index (κ2) is 7.59. The zero-order valence-corrected chi connectivity index (χ0v) is 21.9. The minimum absolute atomic E-state index is 0.0264. The molecular weight excluding hydrogens is 494 g/mol. The maximum absolute atomic E-state index is 16.0. The fourth-order valence-electron chi connectivity index (χ4n) is 7.94. The SMILES string of the molecule is COC1=C(OC)[C@@]2(C)C(=C(Cl)C1=O)[C@@H](F)C[C@H]1[C@@H]3C[C@@H](C)[C@](O)(C(C)=O)[C@@]3(C)C[C@H](Cl)[C@@]12Cl. The van der Waals surface area contributed by atoms with E-state index in [2.05, 4.69) is 0 Å². The maximum atomic E-state index is 16.0. The number of alkyl halides is 3. The van der Waals surface area contributed by atoms with E-state index in [9.17, 15) is 14.7 Å². The summed E-state index contributed by atoms with van der Waals surface area (Å²) < 4.78 is 27.0. The zero-order chi connectivity index (χ0) is 24.9. The Balaban J connectivity index is 1.99. The summed E-state index contributed by atoms with van der Waals surface area (Å²) in [4.78, 5) is 24.3. The van der Waals surface area contributed by atoms with Crippen molar-refractivity contribution in [3.8, 4) is 0 Å². The van der Waals surface area contributed by atoms with E-state index in [1.807, 2.05) is 13.8 Å². The van der Waals surface area contributed by atoms with Crippen molar-refractivity contribution in [1.29, 1.82) is 0 Å². The van der Waals surface area contributed by atoms with Crippen molar-refractivity contribution < 1.29 is 28.6 Å². The molecule has 0 saturated heterocycles. The summed E-state index contributed by atoms with van der Waals surface area (Å²) >= 11 is 21.0. The molecule has 0 aromatic carbocycles. The predicted octanol–water partition coefficient (Wildman–Crippen LogP) is 4.90. The molecule has 0 heterocycles. The van der Waals surface area contributed by atoms with Crippen molar-refractivity contribution in [3.63, 3.8) is 0 Å². The number of rotatable bonds is 3. The average molecular weight is 524 g/mol. The van der Waals surface area contributed by atoms with E-state index in [1.54, 1.807) is 6.92 Å². The van der Waals surface area contributed by atoms with Gasteiger partial charge < -0.3 is 14.6 Å². The quantitative estimate of drug-likeness (QED) is 0.533. The van der Waals surface area contributed by atoms with Gasteiger partial charge in [0.2, 0.25) is 11.5 Å². The standard InChI is InChI=1S/C24H30Cl3FO5/c1-10-7-12-13-8-14(28)16-17(26)18(30)19(32-5)20(33-6)22(16,4)23(13,27)15(25)9-21(12,3)24(10,31)11(2)29/h10,12-15,31H,7-9H2,1-6H3/t10-,12+,13+,14+,15+,21+,22-,23+,24+/m1/s1. The number of ether oxygens (including phenoxy) is 2. The molecule has 0 aromatic rings. The summed E-state index contributed by atoms with van der Waals surface area (Å²) in [5.74, 6) is -2.17. The fourth-order valence-corrected chi connectivity index (χ4v) is 9.54. The highest BCUT2D eigenvalue weighted by Gasteiger charge is 2.77. The van der Waals surface area contributed by atoms with Crippen LogP contribution in [0.15, 0.2) is 22.1 Å². The first-order valence-corrected chi connectivity index (χ1v) is 12.4. The molecule has 4 aliphatic carbocycles. The van der Waals surface area contributed by atoms with Crippen molar-refractivity contribution in [2.24, 2.45) is 28.6 Å². The molecule has 9 atom stereocenters. The molecule has 0 aromatic heterocycles. The highest BCUT2D eigenvalue weighted by molar-refractivity contribution is 6.46. The van der Waals surface area contributed by atoms with Gasteiger partial charge in [-0.25, -0.2) is 4.39 Å². The van der Waals surface area contributed by atoms with E-state index in [0.29, 0.717) is 6.42 Å². The van der Waals surface area contributed by atoms with Crippen molar-refractivity contribution in [1.82, 2.24) is 0 Å². The van der Waals surface area contributed by atoms with Crippen LogP contribution < -0.4 is 0 Å². The molecule has 4 rings (SSSR count). The van der Waals surface area contributed by atoms with Crippen molar-refractivity contribution in [3.05, 3.63) is 22.1 Å².